The molecule has 0 aromatic carbocycles. The molecule has 0 unspecified atom stereocenters. The Morgan fingerprint density at radius 3 is 2.75 bits per heavy atom. The van der Waals surface area contributed by atoms with Gasteiger partial charge in [0.1, 0.15) is 24.1 Å². The molecule has 7 heteroatoms. The Kier molecular flexibility index (Phi) is 3.64. The van der Waals surface area contributed by atoms with Crippen molar-refractivity contribution >= 4 is 5.91 Å². The number of carbonyl (C=O) groups excluding carboxylic acids is 1. The van der Waals surface area contributed by atoms with Crippen molar-refractivity contribution in [2.24, 2.45) is 0 Å². The monoisotopic (exact) mass is 279 g/mol. The van der Waals surface area contributed by atoms with Crippen molar-refractivity contribution in [3.05, 3.63) is 23.8 Å². The first-order chi connectivity index (χ1) is 9.69. The Balaban J connectivity index is 1.64. The van der Waals surface area contributed by atoms with Crippen molar-refractivity contribution in [3.63, 3.8) is 0 Å². The highest BCUT2D eigenvalue weighted by Crippen LogP contribution is 2.27. The van der Waals surface area contributed by atoms with Gasteiger partial charge in [-0.1, -0.05) is 6.92 Å². The largest absolute Gasteiger partial charge is 0.388 e. The van der Waals surface area contributed by atoms with E-state index >= 15 is 0 Å². The Labute approximate surface area is 116 Å². The fraction of sp³-hybridized carbons (Fsp3) is 0.615. The predicted octanol–water partition coefficient (Wildman–Crippen LogP) is -0.704. The average Bonchev–Trinajstić information content (AvgIpc) is 3.03. The van der Waals surface area contributed by atoms with Crippen molar-refractivity contribution in [3.8, 4) is 0 Å². The van der Waals surface area contributed by atoms with Crippen LogP contribution in [0.5, 0.6) is 0 Å². The summed E-state index contributed by atoms with van der Waals surface area (Å²) in [6, 6.07) is -0.254. The van der Waals surface area contributed by atoms with Crippen molar-refractivity contribution in [1.29, 1.82) is 0 Å². The van der Waals surface area contributed by atoms with E-state index in [2.05, 4.69) is 15.3 Å². The molecule has 0 saturated carbocycles. The quantitative estimate of drug-likeness (QED) is 0.759. The molecule has 4 atom stereocenters. The number of aryl methyl sites for hydroxylation is 1. The summed E-state index contributed by atoms with van der Waals surface area (Å²) in [7, 11) is 0. The topological polar surface area (TPSA) is 93.6 Å². The van der Waals surface area contributed by atoms with Gasteiger partial charge in [0.2, 0.25) is 0 Å². The lowest BCUT2D eigenvalue weighted by Gasteiger charge is -2.17. The van der Waals surface area contributed by atoms with Gasteiger partial charge in [-0.05, 0) is 0 Å². The summed E-state index contributed by atoms with van der Waals surface area (Å²) in [6.07, 6.45) is 2.50. The lowest BCUT2D eigenvalue weighted by atomic mass is 10.1. The van der Waals surface area contributed by atoms with E-state index in [0.717, 1.165) is 6.42 Å². The second kappa shape index (κ2) is 5.43. The highest BCUT2D eigenvalue weighted by molar-refractivity contribution is 5.93. The molecule has 7 nitrogen and oxygen atoms in total. The first kappa shape index (κ1) is 13.4. The lowest BCUT2D eigenvalue weighted by Crippen LogP contribution is -2.44. The van der Waals surface area contributed by atoms with Crippen LogP contribution in [0.3, 0.4) is 0 Å². The van der Waals surface area contributed by atoms with Gasteiger partial charge >= 0.3 is 0 Å². The van der Waals surface area contributed by atoms with E-state index in [4.69, 9.17) is 9.47 Å². The Bertz CT molecular complexity index is 493. The molecule has 0 spiro atoms. The Hall–Kier alpha value is -1.57. The first-order valence-corrected chi connectivity index (χ1v) is 6.72. The molecule has 0 radical (unpaired) electrons. The van der Waals surface area contributed by atoms with Gasteiger partial charge in [0, 0.05) is 18.8 Å². The number of nitrogens with zero attached hydrogens (tertiary/aromatic N) is 2. The maximum atomic E-state index is 12.1. The predicted molar refractivity (Wildman–Crippen MR) is 68.2 cm³/mol. The van der Waals surface area contributed by atoms with Crippen LogP contribution in [0.2, 0.25) is 0 Å². The van der Waals surface area contributed by atoms with E-state index in [-0.39, 0.29) is 30.8 Å². The van der Waals surface area contributed by atoms with Crippen LogP contribution >= 0.6 is 0 Å². The molecule has 2 saturated heterocycles. The smallest absolute Gasteiger partial charge is 0.254 e. The molecule has 0 aliphatic carbocycles. The van der Waals surface area contributed by atoms with Crippen LogP contribution in [-0.4, -0.2) is 58.5 Å². The van der Waals surface area contributed by atoms with Gasteiger partial charge in [0.25, 0.3) is 5.91 Å². The number of hydrogen-bond donors (Lipinski definition) is 2. The molecule has 1 amide bonds. The minimum absolute atomic E-state index is 0.246. The first-order valence-electron chi connectivity index (χ1n) is 6.72. The number of aromatic nitrogens is 2. The molecule has 2 aliphatic rings. The van der Waals surface area contributed by atoms with Crippen LogP contribution in [0.4, 0.5) is 0 Å². The van der Waals surface area contributed by atoms with Crippen LogP contribution < -0.4 is 5.32 Å². The van der Waals surface area contributed by atoms with E-state index in [1.165, 1.54) is 12.4 Å². The van der Waals surface area contributed by atoms with E-state index in [9.17, 15) is 9.90 Å². The van der Waals surface area contributed by atoms with Crippen LogP contribution in [0.15, 0.2) is 12.4 Å². The summed E-state index contributed by atoms with van der Waals surface area (Å²) < 4.78 is 10.9. The molecule has 1 aromatic heterocycles. The van der Waals surface area contributed by atoms with Gasteiger partial charge in [-0.2, -0.15) is 0 Å². The molecular weight excluding hydrogens is 262 g/mol. The van der Waals surface area contributed by atoms with Gasteiger partial charge in [-0.25, -0.2) is 9.97 Å². The second-order valence-electron chi connectivity index (χ2n) is 4.98. The molecule has 2 aliphatic heterocycles. The fourth-order valence-corrected chi connectivity index (χ4v) is 2.51. The molecule has 3 rings (SSSR count). The number of aliphatic hydroxyl groups is 1. The maximum absolute atomic E-state index is 12.1. The zero-order chi connectivity index (χ0) is 14.1. The summed E-state index contributed by atoms with van der Waals surface area (Å²) in [5, 5.41) is 12.5. The number of hydrogen-bond acceptors (Lipinski definition) is 6. The van der Waals surface area contributed by atoms with Crippen molar-refractivity contribution in [2.45, 2.75) is 37.7 Å². The SMILES string of the molecule is CCc1ncc(C(=O)N[C@H]2CO[C@H]3[C@@H]2OC[C@H]3O)cn1. The highest BCUT2D eigenvalue weighted by atomic mass is 16.6. The zero-order valence-electron chi connectivity index (χ0n) is 11.2. The Morgan fingerprint density at radius 1 is 1.35 bits per heavy atom. The average molecular weight is 279 g/mol. The molecule has 1 aromatic rings. The minimum Gasteiger partial charge on any atom is -0.388 e. The molecule has 108 valence electrons. The molecule has 2 N–H and O–H groups in total. The van der Waals surface area contributed by atoms with Crippen LogP contribution in [-0.2, 0) is 15.9 Å². The number of nitrogens with one attached hydrogen (secondary N) is 1. The number of fused-ring (bicyclic) bond motifs is 1. The van der Waals surface area contributed by atoms with E-state index in [1.807, 2.05) is 6.92 Å². The fourth-order valence-electron chi connectivity index (χ4n) is 2.51. The van der Waals surface area contributed by atoms with Crippen molar-refractivity contribution in [2.75, 3.05) is 13.2 Å². The lowest BCUT2D eigenvalue weighted by molar-refractivity contribution is 0.0178. The number of rotatable bonds is 3. The third kappa shape index (κ3) is 2.39. The normalized spacial score (nSPS) is 32.1. The zero-order valence-corrected chi connectivity index (χ0v) is 11.2. The third-order valence-corrected chi connectivity index (χ3v) is 3.63. The summed E-state index contributed by atoms with van der Waals surface area (Å²) in [5.74, 6) is 0.444. The number of amides is 1. The van der Waals surface area contributed by atoms with Crippen molar-refractivity contribution in [1.82, 2.24) is 15.3 Å². The number of carbonyl (C=O) groups is 1. The summed E-state index contributed by atoms with van der Waals surface area (Å²) in [5.41, 5.74) is 0.407. The van der Waals surface area contributed by atoms with Crippen molar-refractivity contribution < 1.29 is 19.4 Å². The molecular formula is C13H17N3O4. The molecule has 2 fully saturated rings. The summed E-state index contributed by atoms with van der Waals surface area (Å²) in [6.45, 7) is 2.54. The molecule has 20 heavy (non-hydrogen) atoms. The summed E-state index contributed by atoms with van der Waals surface area (Å²) >= 11 is 0. The van der Waals surface area contributed by atoms with Gasteiger partial charge in [0.05, 0.1) is 24.8 Å². The standard InChI is InChI=1S/C13H17N3O4/c1-2-10-14-3-7(4-15-10)13(18)16-8-5-19-12-9(17)6-20-11(8)12/h3-4,8-9,11-12,17H,2,5-6H2,1H3,(H,16,18)/t8-,9+,11+,12+/m0/s1. The van der Waals surface area contributed by atoms with Gasteiger partial charge in [-0.15, -0.1) is 0 Å². The van der Waals surface area contributed by atoms with Gasteiger partial charge < -0.3 is 19.9 Å². The molecule has 3 heterocycles. The van der Waals surface area contributed by atoms with E-state index in [0.29, 0.717) is 18.0 Å². The number of aliphatic hydroxyl groups excluding tert-OH is 1. The summed E-state index contributed by atoms with van der Waals surface area (Å²) in [4.78, 5) is 20.3. The van der Waals surface area contributed by atoms with Crippen LogP contribution in [0.25, 0.3) is 0 Å². The van der Waals surface area contributed by atoms with Crippen LogP contribution in [0.1, 0.15) is 23.1 Å². The maximum Gasteiger partial charge on any atom is 0.254 e. The molecule has 0 bridgehead atoms. The highest BCUT2D eigenvalue weighted by Gasteiger charge is 2.47. The number of ether oxygens (including phenoxy) is 2. The minimum atomic E-state index is -0.617. The third-order valence-electron chi connectivity index (χ3n) is 3.63. The van der Waals surface area contributed by atoms with E-state index in [1.54, 1.807) is 0 Å². The van der Waals surface area contributed by atoms with Gasteiger partial charge in [-0.3, -0.25) is 4.79 Å². The Morgan fingerprint density at radius 2 is 2.05 bits per heavy atom. The van der Waals surface area contributed by atoms with Crippen LogP contribution in [0, 0.1) is 0 Å². The van der Waals surface area contributed by atoms with Gasteiger partial charge in [0.15, 0.2) is 0 Å². The second-order valence-corrected chi connectivity index (χ2v) is 4.98. The van der Waals surface area contributed by atoms with E-state index < -0.39 is 6.10 Å².